The molecule has 2 rings (SSSR count). The molecule has 0 bridgehead atoms. The zero-order valence-electron chi connectivity index (χ0n) is 10.1. The molecule has 3 heteroatoms. The first-order valence-corrected chi connectivity index (χ1v) is 6.06. The van der Waals surface area contributed by atoms with Gasteiger partial charge < -0.3 is 0 Å². The van der Waals surface area contributed by atoms with Crippen molar-refractivity contribution in [1.29, 1.82) is 0 Å². The van der Waals surface area contributed by atoms with Gasteiger partial charge in [-0.25, -0.2) is 0 Å². The maximum absolute atomic E-state index is 11.7. The number of rotatable bonds is 3. The van der Waals surface area contributed by atoms with Gasteiger partial charge in [-0.3, -0.25) is 14.5 Å². The zero-order chi connectivity index (χ0) is 12.3. The molecule has 3 nitrogen and oxygen atoms in total. The average molecular weight is 231 g/mol. The van der Waals surface area contributed by atoms with Gasteiger partial charge in [0, 0.05) is 19.4 Å². The molecule has 1 aliphatic heterocycles. The fraction of sp³-hybridized carbons (Fsp3) is 0.429. The summed E-state index contributed by atoms with van der Waals surface area (Å²) >= 11 is 0. The Hall–Kier alpha value is -1.64. The second-order valence-corrected chi connectivity index (χ2v) is 4.56. The number of likely N-dealkylation sites (tertiary alicyclic amines) is 1. The maximum Gasteiger partial charge on any atom is 0.229 e. The average Bonchev–Trinajstić information content (AvgIpc) is 2.35. The quantitative estimate of drug-likeness (QED) is 0.749. The van der Waals surface area contributed by atoms with Crippen LogP contribution in [0.2, 0.25) is 0 Å². The van der Waals surface area contributed by atoms with Gasteiger partial charge in [0.25, 0.3) is 0 Å². The maximum atomic E-state index is 11.7. The van der Waals surface area contributed by atoms with Crippen LogP contribution in [-0.4, -0.2) is 23.3 Å². The smallest absolute Gasteiger partial charge is 0.229 e. The summed E-state index contributed by atoms with van der Waals surface area (Å²) in [4.78, 5) is 24.8. The van der Waals surface area contributed by atoms with Crippen molar-refractivity contribution < 1.29 is 9.59 Å². The van der Waals surface area contributed by atoms with Crippen LogP contribution in [0.25, 0.3) is 0 Å². The lowest BCUT2D eigenvalue weighted by Gasteiger charge is -2.27. The minimum atomic E-state index is -0.0240. The van der Waals surface area contributed by atoms with E-state index in [1.165, 1.54) is 10.5 Å². The second kappa shape index (κ2) is 5.13. The minimum absolute atomic E-state index is 0.0240. The van der Waals surface area contributed by atoms with Crippen molar-refractivity contribution >= 4 is 11.8 Å². The largest absolute Gasteiger partial charge is 0.282 e. The molecule has 17 heavy (non-hydrogen) atoms. The van der Waals surface area contributed by atoms with Crippen molar-refractivity contribution in [2.45, 2.75) is 32.1 Å². The SMILES string of the molecule is CC(CN1C(=O)CCCC1=O)c1ccccc1. The zero-order valence-corrected chi connectivity index (χ0v) is 10.1. The van der Waals surface area contributed by atoms with Crippen LogP contribution in [0, 0.1) is 0 Å². The molecule has 1 aromatic rings. The van der Waals surface area contributed by atoms with Gasteiger partial charge in [0.2, 0.25) is 11.8 Å². The summed E-state index contributed by atoms with van der Waals surface area (Å²) in [5.74, 6) is 0.148. The Morgan fingerprint density at radius 3 is 2.29 bits per heavy atom. The van der Waals surface area contributed by atoms with Gasteiger partial charge in [-0.15, -0.1) is 0 Å². The van der Waals surface area contributed by atoms with Crippen LogP contribution in [-0.2, 0) is 9.59 Å². The Balaban J connectivity index is 2.05. The third-order valence-electron chi connectivity index (χ3n) is 3.21. The molecular weight excluding hydrogens is 214 g/mol. The van der Waals surface area contributed by atoms with Crippen LogP contribution in [0.5, 0.6) is 0 Å². The molecule has 1 fully saturated rings. The molecule has 0 aliphatic carbocycles. The Morgan fingerprint density at radius 2 is 1.71 bits per heavy atom. The Kier molecular flexibility index (Phi) is 3.57. The number of amides is 2. The van der Waals surface area contributed by atoms with Crippen molar-refractivity contribution in [3.63, 3.8) is 0 Å². The lowest BCUT2D eigenvalue weighted by atomic mass is 9.99. The Labute approximate surface area is 101 Å². The summed E-state index contributed by atoms with van der Waals surface area (Å²) in [5, 5.41) is 0. The number of hydrogen-bond acceptors (Lipinski definition) is 2. The van der Waals surface area contributed by atoms with Crippen molar-refractivity contribution in [1.82, 2.24) is 4.90 Å². The van der Waals surface area contributed by atoms with Crippen LogP contribution in [0.15, 0.2) is 30.3 Å². The topological polar surface area (TPSA) is 37.4 Å². The Bertz CT molecular complexity index is 397. The van der Waals surface area contributed by atoms with E-state index in [1.54, 1.807) is 0 Å². The predicted molar refractivity (Wildman–Crippen MR) is 65.4 cm³/mol. The fourth-order valence-electron chi connectivity index (χ4n) is 2.16. The monoisotopic (exact) mass is 231 g/mol. The highest BCUT2D eigenvalue weighted by Crippen LogP contribution is 2.20. The van der Waals surface area contributed by atoms with Crippen LogP contribution < -0.4 is 0 Å². The highest BCUT2D eigenvalue weighted by atomic mass is 16.2. The van der Waals surface area contributed by atoms with Crippen molar-refractivity contribution in [2.75, 3.05) is 6.54 Å². The van der Waals surface area contributed by atoms with Crippen LogP contribution in [0.3, 0.4) is 0 Å². The Morgan fingerprint density at radius 1 is 1.12 bits per heavy atom. The number of piperidine rings is 1. The lowest BCUT2D eigenvalue weighted by Crippen LogP contribution is -2.42. The first-order valence-electron chi connectivity index (χ1n) is 6.06. The van der Waals surface area contributed by atoms with E-state index in [9.17, 15) is 9.59 Å². The molecule has 1 saturated heterocycles. The van der Waals surface area contributed by atoms with E-state index >= 15 is 0 Å². The van der Waals surface area contributed by atoms with Gasteiger partial charge in [0.15, 0.2) is 0 Å². The molecular formula is C14H17NO2. The molecule has 1 aromatic carbocycles. The summed E-state index contributed by atoms with van der Waals surface area (Å²) in [6.07, 6.45) is 1.72. The highest BCUT2D eigenvalue weighted by molar-refractivity contribution is 5.97. The number of benzene rings is 1. The molecule has 0 spiro atoms. The number of imide groups is 1. The van der Waals surface area contributed by atoms with E-state index < -0.39 is 0 Å². The summed E-state index contributed by atoms with van der Waals surface area (Å²) < 4.78 is 0. The van der Waals surface area contributed by atoms with Crippen LogP contribution >= 0.6 is 0 Å². The summed E-state index contributed by atoms with van der Waals surface area (Å²) in [6, 6.07) is 9.98. The molecule has 0 saturated carbocycles. The van der Waals surface area contributed by atoms with E-state index in [4.69, 9.17) is 0 Å². The molecule has 0 N–H and O–H groups in total. The first-order chi connectivity index (χ1) is 8.18. The van der Waals surface area contributed by atoms with Gasteiger partial charge in [-0.1, -0.05) is 37.3 Å². The van der Waals surface area contributed by atoms with E-state index in [0.29, 0.717) is 25.8 Å². The van der Waals surface area contributed by atoms with Crippen molar-refractivity contribution in [3.8, 4) is 0 Å². The van der Waals surface area contributed by atoms with E-state index in [0.717, 1.165) is 0 Å². The van der Waals surface area contributed by atoms with Gasteiger partial charge >= 0.3 is 0 Å². The molecule has 2 amide bonds. The van der Waals surface area contributed by atoms with Crippen molar-refractivity contribution in [2.24, 2.45) is 0 Å². The highest BCUT2D eigenvalue weighted by Gasteiger charge is 2.27. The number of carbonyl (C=O) groups is 2. The van der Waals surface area contributed by atoms with Gasteiger partial charge in [-0.2, -0.15) is 0 Å². The standard InChI is InChI=1S/C14H17NO2/c1-11(12-6-3-2-4-7-12)10-15-13(16)8-5-9-14(15)17/h2-4,6-7,11H,5,8-10H2,1H3. The summed E-state index contributed by atoms with van der Waals surface area (Å²) in [7, 11) is 0. The number of hydrogen-bond donors (Lipinski definition) is 0. The van der Waals surface area contributed by atoms with E-state index in [2.05, 4.69) is 0 Å². The van der Waals surface area contributed by atoms with Gasteiger partial charge in [0.1, 0.15) is 0 Å². The third-order valence-corrected chi connectivity index (χ3v) is 3.21. The van der Waals surface area contributed by atoms with Crippen LogP contribution in [0.4, 0.5) is 0 Å². The summed E-state index contributed by atoms with van der Waals surface area (Å²) in [6.45, 7) is 2.55. The number of carbonyl (C=O) groups excluding carboxylic acids is 2. The molecule has 1 aliphatic rings. The minimum Gasteiger partial charge on any atom is -0.282 e. The molecule has 1 heterocycles. The van der Waals surface area contributed by atoms with Gasteiger partial charge in [0.05, 0.1) is 0 Å². The molecule has 1 unspecified atom stereocenters. The van der Waals surface area contributed by atoms with Crippen LogP contribution in [0.1, 0.15) is 37.7 Å². The lowest BCUT2D eigenvalue weighted by molar-refractivity contribution is -0.148. The van der Waals surface area contributed by atoms with Crippen molar-refractivity contribution in [3.05, 3.63) is 35.9 Å². The second-order valence-electron chi connectivity index (χ2n) is 4.56. The first kappa shape index (κ1) is 11.8. The van der Waals surface area contributed by atoms with Gasteiger partial charge in [-0.05, 0) is 17.9 Å². The number of nitrogens with zero attached hydrogens (tertiary/aromatic N) is 1. The molecule has 0 aromatic heterocycles. The normalized spacial score (nSPS) is 18.3. The predicted octanol–water partition coefficient (Wildman–Crippen LogP) is 2.33. The molecule has 0 radical (unpaired) electrons. The third kappa shape index (κ3) is 2.73. The van der Waals surface area contributed by atoms with E-state index in [-0.39, 0.29) is 17.7 Å². The molecule has 90 valence electrons. The summed E-state index contributed by atoms with van der Waals surface area (Å²) in [5.41, 5.74) is 1.17. The fourth-order valence-corrected chi connectivity index (χ4v) is 2.16. The molecule has 1 atom stereocenters. The van der Waals surface area contributed by atoms with E-state index in [1.807, 2.05) is 37.3 Å².